The van der Waals surface area contributed by atoms with Gasteiger partial charge in [-0.15, -0.1) is 0 Å². The minimum Gasteiger partial charge on any atom is -0.370 e. The lowest BCUT2D eigenvalue weighted by atomic mass is 10.0. The maximum atomic E-state index is 5.43. The van der Waals surface area contributed by atoms with Crippen LogP contribution in [0.2, 0.25) is 0 Å². The van der Waals surface area contributed by atoms with E-state index in [0.29, 0.717) is 5.92 Å². The van der Waals surface area contributed by atoms with Gasteiger partial charge in [-0.3, -0.25) is 9.89 Å². The van der Waals surface area contributed by atoms with Crippen LogP contribution in [-0.2, 0) is 6.54 Å². The fourth-order valence-electron chi connectivity index (χ4n) is 2.58. The number of nitrogens with zero attached hydrogens (tertiary/aromatic N) is 2. The van der Waals surface area contributed by atoms with Crippen LogP contribution < -0.4 is 11.5 Å². The number of nitrogens with two attached hydrogens (primary N) is 2. The smallest absolute Gasteiger partial charge is 0.186 e. The summed E-state index contributed by atoms with van der Waals surface area (Å²) in [7, 11) is 0. The van der Waals surface area contributed by atoms with Crippen molar-refractivity contribution in [1.82, 2.24) is 4.90 Å². The lowest BCUT2D eigenvalue weighted by molar-refractivity contribution is 0.309. The van der Waals surface area contributed by atoms with E-state index in [1.54, 1.807) is 0 Å². The molecule has 2 atom stereocenters. The Hall–Kier alpha value is -1.55. The summed E-state index contributed by atoms with van der Waals surface area (Å²) in [5.41, 5.74) is 12.2. The SMILES string of the molecule is CC(N=C(N)N)C1CCN(Cc2ccccc2)C1. The van der Waals surface area contributed by atoms with Gasteiger partial charge in [0.2, 0.25) is 0 Å². The van der Waals surface area contributed by atoms with E-state index < -0.39 is 0 Å². The van der Waals surface area contributed by atoms with Crippen molar-refractivity contribution in [2.45, 2.75) is 25.9 Å². The predicted molar refractivity (Wildman–Crippen MR) is 75.1 cm³/mol. The molecule has 0 bridgehead atoms. The van der Waals surface area contributed by atoms with Crippen molar-refractivity contribution in [1.29, 1.82) is 0 Å². The summed E-state index contributed by atoms with van der Waals surface area (Å²) in [6.45, 7) is 5.32. The molecule has 1 aromatic rings. The fourth-order valence-corrected chi connectivity index (χ4v) is 2.58. The van der Waals surface area contributed by atoms with Crippen LogP contribution in [0.1, 0.15) is 18.9 Å². The second kappa shape index (κ2) is 5.87. The summed E-state index contributed by atoms with van der Waals surface area (Å²) in [4.78, 5) is 6.72. The maximum absolute atomic E-state index is 5.43. The van der Waals surface area contributed by atoms with E-state index in [-0.39, 0.29) is 12.0 Å². The van der Waals surface area contributed by atoms with Gasteiger partial charge in [0.1, 0.15) is 0 Å². The highest BCUT2D eigenvalue weighted by molar-refractivity contribution is 5.75. The molecule has 4 nitrogen and oxygen atoms in total. The molecule has 1 aliphatic rings. The molecule has 2 unspecified atom stereocenters. The summed E-state index contributed by atoms with van der Waals surface area (Å²) in [5.74, 6) is 0.764. The van der Waals surface area contributed by atoms with Crippen molar-refractivity contribution in [3.63, 3.8) is 0 Å². The summed E-state index contributed by atoms with van der Waals surface area (Å²) in [5, 5.41) is 0. The molecule has 4 heteroatoms. The Morgan fingerprint density at radius 2 is 2.11 bits per heavy atom. The van der Waals surface area contributed by atoms with Crippen LogP contribution >= 0.6 is 0 Å². The minimum atomic E-state index is 0.198. The molecule has 2 rings (SSSR count). The quantitative estimate of drug-likeness (QED) is 0.619. The zero-order valence-corrected chi connectivity index (χ0v) is 10.9. The largest absolute Gasteiger partial charge is 0.370 e. The van der Waals surface area contributed by atoms with Crippen molar-refractivity contribution in [3.8, 4) is 0 Å². The van der Waals surface area contributed by atoms with E-state index >= 15 is 0 Å². The molecule has 1 aliphatic heterocycles. The van der Waals surface area contributed by atoms with Crippen LogP contribution in [0, 0.1) is 5.92 Å². The third-order valence-corrected chi connectivity index (χ3v) is 3.59. The third kappa shape index (κ3) is 3.47. The molecule has 1 fully saturated rings. The van der Waals surface area contributed by atoms with E-state index in [1.165, 1.54) is 12.0 Å². The minimum absolute atomic E-state index is 0.198. The number of hydrogen-bond donors (Lipinski definition) is 2. The van der Waals surface area contributed by atoms with Gasteiger partial charge in [-0.05, 0) is 31.4 Å². The molecule has 98 valence electrons. The van der Waals surface area contributed by atoms with E-state index in [9.17, 15) is 0 Å². The van der Waals surface area contributed by atoms with E-state index in [0.717, 1.165) is 19.6 Å². The second-order valence-electron chi connectivity index (χ2n) is 5.06. The number of guanidine groups is 1. The first-order chi connectivity index (χ1) is 8.65. The van der Waals surface area contributed by atoms with Crippen LogP contribution in [0.5, 0.6) is 0 Å². The molecule has 0 amide bonds. The number of aliphatic imine (C=N–C) groups is 1. The topological polar surface area (TPSA) is 67.6 Å². The van der Waals surface area contributed by atoms with Crippen LogP contribution in [0.3, 0.4) is 0 Å². The van der Waals surface area contributed by atoms with Gasteiger partial charge in [0.15, 0.2) is 5.96 Å². The molecule has 1 aromatic carbocycles. The lowest BCUT2D eigenvalue weighted by Gasteiger charge is -2.18. The van der Waals surface area contributed by atoms with Gasteiger partial charge in [0.05, 0.1) is 6.04 Å². The van der Waals surface area contributed by atoms with Crippen molar-refractivity contribution in [2.75, 3.05) is 13.1 Å². The third-order valence-electron chi connectivity index (χ3n) is 3.59. The summed E-state index contributed by atoms with van der Waals surface area (Å²) >= 11 is 0. The van der Waals surface area contributed by atoms with Crippen LogP contribution in [0.25, 0.3) is 0 Å². The first kappa shape index (κ1) is 12.9. The second-order valence-corrected chi connectivity index (χ2v) is 5.06. The molecule has 0 saturated carbocycles. The Bertz CT molecular complexity index is 398. The Balaban J connectivity index is 1.87. The zero-order chi connectivity index (χ0) is 13.0. The number of hydrogen-bond acceptors (Lipinski definition) is 2. The molecule has 0 radical (unpaired) electrons. The number of likely N-dealkylation sites (tertiary alicyclic amines) is 1. The van der Waals surface area contributed by atoms with Gasteiger partial charge in [-0.25, -0.2) is 0 Å². The number of benzene rings is 1. The fraction of sp³-hybridized carbons (Fsp3) is 0.500. The highest BCUT2D eigenvalue weighted by Gasteiger charge is 2.26. The Kier molecular flexibility index (Phi) is 4.20. The average molecular weight is 246 g/mol. The molecule has 1 heterocycles. The van der Waals surface area contributed by atoms with E-state index in [2.05, 4.69) is 47.1 Å². The van der Waals surface area contributed by atoms with Crippen molar-refractivity contribution in [3.05, 3.63) is 35.9 Å². The first-order valence-corrected chi connectivity index (χ1v) is 6.50. The highest BCUT2D eigenvalue weighted by atomic mass is 15.2. The zero-order valence-electron chi connectivity index (χ0n) is 10.9. The van der Waals surface area contributed by atoms with Gasteiger partial charge in [0, 0.05) is 13.1 Å². The van der Waals surface area contributed by atoms with Gasteiger partial charge in [-0.1, -0.05) is 30.3 Å². The Morgan fingerprint density at radius 1 is 1.39 bits per heavy atom. The molecule has 0 spiro atoms. The highest BCUT2D eigenvalue weighted by Crippen LogP contribution is 2.23. The van der Waals surface area contributed by atoms with Crippen LogP contribution in [0.15, 0.2) is 35.3 Å². The molecule has 18 heavy (non-hydrogen) atoms. The predicted octanol–water partition coefficient (Wildman–Crippen LogP) is 1.17. The maximum Gasteiger partial charge on any atom is 0.186 e. The van der Waals surface area contributed by atoms with Gasteiger partial charge < -0.3 is 11.5 Å². The molecule has 0 aromatic heterocycles. The Morgan fingerprint density at radius 3 is 2.78 bits per heavy atom. The lowest BCUT2D eigenvalue weighted by Crippen LogP contribution is -2.29. The molecule has 1 saturated heterocycles. The summed E-state index contributed by atoms with van der Waals surface area (Å²) in [6.07, 6.45) is 1.17. The van der Waals surface area contributed by atoms with Gasteiger partial charge in [0.25, 0.3) is 0 Å². The molecular weight excluding hydrogens is 224 g/mol. The standard InChI is InChI=1S/C14H22N4/c1-11(17-14(15)16)13-7-8-18(10-13)9-12-5-3-2-4-6-12/h2-6,11,13H,7-10H2,1H3,(H4,15,16,17). The van der Waals surface area contributed by atoms with Crippen LogP contribution in [0.4, 0.5) is 0 Å². The monoisotopic (exact) mass is 246 g/mol. The first-order valence-electron chi connectivity index (χ1n) is 6.50. The summed E-state index contributed by atoms with van der Waals surface area (Å²) < 4.78 is 0. The normalized spacial score (nSPS) is 21.7. The average Bonchev–Trinajstić information content (AvgIpc) is 2.78. The van der Waals surface area contributed by atoms with Gasteiger partial charge >= 0.3 is 0 Å². The summed E-state index contributed by atoms with van der Waals surface area (Å²) in [6, 6.07) is 10.8. The van der Waals surface area contributed by atoms with E-state index in [4.69, 9.17) is 11.5 Å². The molecule has 4 N–H and O–H groups in total. The van der Waals surface area contributed by atoms with Gasteiger partial charge in [-0.2, -0.15) is 0 Å². The molecule has 0 aliphatic carbocycles. The molecular formula is C14H22N4. The van der Waals surface area contributed by atoms with E-state index in [1.807, 2.05) is 0 Å². The Labute approximate surface area is 109 Å². The number of rotatable bonds is 4. The van der Waals surface area contributed by atoms with Crippen molar-refractivity contribution < 1.29 is 0 Å². The van der Waals surface area contributed by atoms with Crippen molar-refractivity contribution in [2.24, 2.45) is 22.4 Å². The van der Waals surface area contributed by atoms with Crippen LogP contribution in [-0.4, -0.2) is 30.0 Å². The van der Waals surface area contributed by atoms with Crippen molar-refractivity contribution >= 4 is 5.96 Å².